The Labute approximate surface area is 143 Å². The number of nitrogens with one attached hydrogen (secondary N) is 2. The second-order valence-electron chi connectivity index (χ2n) is 8.23. The summed E-state index contributed by atoms with van der Waals surface area (Å²) in [7, 11) is 0. The van der Waals surface area contributed by atoms with E-state index in [0.29, 0.717) is 30.5 Å². The van der Waals surface area contributed by atoms with Crippen LogP contribution in [-0.4, -0.2) is 30.3 Å². The quantitative estimate of drug-likeness (QED) is 0.725. The van der Waals surface area contributed by atoms with E-state index in [0.717, 1.165) is 0 Å². The molecule has 0 bridgehead atoms. The molecule has 0 spiro atoms. The molecule has 0 aromatic heterocycles. The summed E-state index contributed by atoms with van der Waals surface area (Å²) < 4.78 is 5.37. The smallest absolute Gasteiger partial charge is 0.407 e. The van der Waals surface area contributed by atoms with Gasteiger partial charge in [-0.1, -0.05) is 39.5 Å². The van der Waals surface area contributed by atoms with Crippen LogP contribution >= 0.6 is 0 Å². The molecule has 0 heterocycles. The predicted molar refractivity (Wildman–Crippen MR) is 96.7 cm³/mol. The van der Waals surface area contributed by atoms with Gasteiger partial charge in [0.05, 0.1) is 0 Å². The van der Waals surface area contributed by atoms with Gasteiger partial charge in [-0.3, -0.25) is 0 Å². The largest absolute Gasteiger partial charge is 0.444 e. The first-order valence-corrected chi connectivity index (χ1v) is 9.45. The van der Waals surface area contributed by atoms with Crippen molar-refractivity contribution in [2.24, 2.45) is 11.8 Å². The Balaban J connectivity index is 2.58. The average Bonchev–Trinajstić information content (AvgIpc) is 2.49. The molecule has 1 aliphatic carbocycles. The number of hydrogen-bond donors (Lipinski definition) is 2. The minimum absolute atomic E-state index is 0.309. The van der Waals surface area contributed by atoms with E-state index in [2.05, 4.69) is 31.4 Å². The van der Waals surface area contributed by atoms with E-state index in [4.69, 9.17) is 4.74 Å². The molecule has 4 nitrogen and oxygen atoms in total. The van der Waals surface area contributed by atoms with E-state index >= 15 is 0 Å². The molecule has 0 aromatic carbocycles. The van der Waals surface area contributed by atoms with E-state index < -0.39 is 5.60 Å². The van der Waals surface area contributed by atoms with E-state index in [1.54, 1.807) is 0 Å². The lowest BCUT2D eigenvalue weighted by Gasteiger charge is -2.35. The van der Waals surface area contributed by atoms with Crippen LogP contribution in [0.5, 0.6) is 0 Å². The van der Waals surface area contributed by atoms with Gasteiger partial charge in [-0.2, -0.15) is 0 Å². The maximum absolute atomic E-state index is 12.0. The highest BCUT2D eigenvalue weighted by Gasteiger charge is 2.27. The molecule has 136 valence electrons. The molecule has 0 saturated heterocycles. The normalized spacial score (nSPS) is 20.6. The van der Waals surface area contributed by atoms with Gasteiger partial charge < -0.3 is 15.4 Å². The van der Waals surface area contributed by atoms with Crippen molar-refractivity contribution in [1.82, 2.24) is 10.6 Å². The van der Waals surface area contributed by atoms with Crippen molar-refractivity contribution in [3.63, 3.8) is 0 Å². The summed E-state index contributed by atoms with van der Waals surface area (Å²) in [6.07, 6.45) is 7.37. The van der Waals surface area contributed by atoms with Crippen molar-refractivity contribution in [2.45, 2.75) is 97.8 Å². The number of alkyl carbamates (subject to hydrolysis) is 1. The van der Waals surface area contributed by atoms with Crippen LogP contribution in [0, 0.1) is 11.8 Å². The fourth-order valence-electron chi connectivity index (χ4n) is 3.26. The van der Waals surface area contributed by atoms with Gasteiger partial charge in [0.2, 0.25) is 0 Å². The zero-order valence-electron chi connectivity index (χ0n) is 16.1. The Morgan fingerprint density at radius 1 is 1.17 bits per heavy atom. The van der Waals surface area contributed by atoms with E-state index in [9.17, 15) is 4.79 Å². The van der Waals surface area contributed by atoms with Crippen LogP contribution in [0.3, 0.4) is 0 Å². The van der Waals surface area contributed by atoms with Gasteiger partial charge in [-0.25, -0.2) is 4.79 Å². The zero-order valence-corrected chi connectivity index (χ0v) is 16.1. The van der Waals surface area contributed by atoms with E-state index in [1.807, 2.05) is 20.8 Å². The fraction of sp³-hybridized carbons (Fsp3) is 0.947. The number of ether oxygens (including phenoxy) is 1. The molecule has 4 heteroatoms. The maximum atomic E-state index is 12.0. The molecule has 0 aliphatic heterocycles. The lowest BCUT2D eigenvalue weighted by Crippen LogP contribution is -2.51. The number of rotatable bonds is 7. The summed E-state index contributed by atoms with van der Waals surface area (Å²) in [5.41, 5.74) is -0.443. The first kappa shape index (κ1) is 20.3. The Kier molecular flexibility index (Phi) is 8.38. The van der Waals surface area contributed by atoms with Crippen molar-refractivity contribution in [3.8, 4) is 0 Å². The molecule has 1 fully saturated rings. The van der Waals surface area contributed by atoms with Gasteiger partial charge in [-0.05, 0) is 52.4 Å². The molecule has 3 unspecified atom stereocenters. The Hall–Kier alpha value is -0.770. The van der Waals surface area contributed by atoms with Gasteiger partial charge in [0.15, 0.2) is 0 Å². The van der Waals surface area contributed by atoms with Gasteiger partial charge in [0.1, 0.15) is 5.60 Å². The minimum Gasteiger partial charge on any atom is -0.444 e. The summed E-state index contributed by atoms with van der Waals surface area (Å²) in [5, 5.41) is 6.76. The number of hydrogen-bond acceptors (Lipinski definition) is 3. The summed E-state index contributed by atoms with van der Waals surface area (Å²) in [5.74, 6) is 1.30. The number of carbonyl (C=O) groups is 1. The molecule has 2 N–H and O–H groups in total. The second-order valence-corrected chi connectivity index (χ2v) is 8.23. The van der Waals surface area contributed by atoms with Gasteiger partial charge in [-0.15, -0.1) is 0 Å². The molecule has 0 aromatic rings. The minimum atomic E-state index is -0.443. The number of carbonyl (C=O) groups excluding carboxylic acids is 1. The maximum Gasteiger partial charge on any atom is 0.407 e. The third kappa shape index (κ3) is 8.05. The van der Waals surface area contributed by atoms with Crippen molar-refractivity contribution in [3.05, 3.63) is 0 Å². The Morgan fingerprint density at radius 3 is 2.30 bits per heavy atom. The molecule has 1 amide bonds. The predicted octanol–water partition coefficient (Wildman–Crippen LogP) is 4.48. The molecular weight excluding hydrogens is 288 g/mol. The van der Waals surface area contributed by atoms with Crippen LogP contribution in [0.25, 0.3) is 0 Å². The number of amides is 1. The molecule has 23 heavy (non-hydrogen) atoms. The lowest BCUT2D eigenvalue weighted by molar-refractivity contribution is 0.0513. The van der Waals surface area contributed by atoms with Crippen molar-refractivity contribution in [2.75, 3.05) is 6.54 Å². The highest BCUT2D eigenvalue weighted by Crippen LogP contribution is 2.27. The molecular formula is C19H38N2O2. The monoisotopic (exact) mass is 326 g/mol. The lowest BCUT2D eigenvalue weighted by atomic mass is 9.83. The highest BCUT2D eigenvalue weighted by atomic mass is 16.6. The topological polar surface area (TPSA) is 50.4 Å². The van der Waals surface area contributed by atoms with Crippen LogP contribution in [0.2, 0.25) is 0 Å². The van der Waals surface area contributed by atoms with Crippen molar-refractivity contribution in [1.29, 1.82) is 0 Å². The Bertz CT molecular complexity index is 346. The summed E-state index contributed by atoms with van der Waals surface area (Å²) in [4.78, 5) is 12.0. The molecule has 1 saturated carbocycles. The van der Waals surface area contributed by atoms with Crippen LogP contribution in [0.1, 0.15) is 80.1 Å². The summed E-state index contributed by atoms with van der Waals surface area (Å²) >= 11 is 0. The first-order valence-electron chi connectivity index (χ1n) is 9.45. The van der Waals surface area contributed by atoms with Gasteiger partial charge in [0.25, 0.3) is 0 Å². The van der Waals surface area contributed by atoms with Gasteiger partial charge >= 0.3 is 6.09 Å². The first-order chi connectivity index (χ1) is 10.7. The van der Waals surface area contributed by atoms with E-state index in [-0.39, 0.29) is 6.09 Å². The van der Waals surface area contributed by atoms with Crippen LogP contribution in [0.15, 0.2) is 0 Å². The highest BCUT2D eigenvalue weighted by molar-refractivity contribution is 5.67. The third-order valence-electron chi connectivity index (χ3n) is 5.06. The van der Waals surface area contributed by atoms with Gasteiger partial charge in [0, 0.05) is 18.6 Å². The molecule has 3 atom stereocenters. The third-order valence-corrected chi connectivity index (χ3v) is 5.06. The van der Waals surface area contributed by atoms with Crippen LogP contribution in [0.4, 0.5) is 4.79 Å². The summed E-state index contributed by atoms with van der Waals surface area (Å²) in [6.45, 7) is 13.1. The Morgan fingerprint density at radius 2 is 1.78 bits per heavy atom. The summed E-state index contributed by atoms with van der Waals surface area (Å²) in [6, 6.07) is 0.805. The van der Waals surface area contributed by atoms with Crippen molar-refractivity contribution < 1.29 is 9.53 Å². The second kappa shape index (κ2) is 9.51. The zero-order chi connectivity index (χ0) is 17.5. The molecule has 1 rings (SSSR count). The molecule has 0 radical (unpaired) electrons. The molecule has 1 aliphatic rings. The average molecular weight is 327 g/mol. The van der Waals surface area contributed by atoms with Crippen LogP contribution < -0.4 is 10.6 Å². The van der Waals surface area contributed by atoms with Crippen molar-refractivity contribution >= 4 is 6.09 Å². The fourth-order valence-corrected chi connectivity index (χ4v) is 3.26. The van der Waals surface area contributed by atoms with Crippen LogP contribution in [-0.2, 0) is 4.74 Å². The standard InChI is InChI=1S/C19H38N2O2/c1-7-14(2)15(3)21-17(16-11-9-8-10-12-16)13-20-18(22)23-19(4,5)6/h14-17,21H,7-13H2,1-6H3,(H,20,22). The van der Waals surface area contributed by atoms with E-state index in [1.165, 1.54) is 38.5 Å². The SMILES string of the molecule is CCC(C)C(C)NC(CNC(=O)OC(C)(C)C)C1CCCCC1.